The van der Waals surface area contributed by atoms with Crippen molar-refractivity contribution in [3.05, 3.63) is 52.3 Å². The molecule has 110 valence electrons. The first-order chi connectivity index (χ1) is 9.88. The SMILES string of the molecule is CS(=O)(=O)c1ncc(Br)c(C(=O)NCc2ccccc2)n1. The van der Waals surface area contributed by atoms with Crippen LogP contribution in [0.25, 0.3) is 0 Å². The molecule has 0 unspecified atom stereocenters. The van der Waals surface area contributed by atoms with Gasteiger partial charge in [-0.3, -0.25) is 4.79 Å². The first-order valence-electron chi connectivity index (χ1n) is 5.92. The maximum absolute atomic E-state index is 12.1. The third-order valence-electron chi connectivity index (χ3n) is 2.56. The van der Waals surface area contributed by atoms with Crippen LogP contribution < -0.4 is 5.32 Å². The Labute approximate surface area is 130 Å². The Morgan fingerprint density at radius 3 is 2.57 bits per heavy atom. The second-order valence-electron chi connectivity index (χ2n) is 4.29. The van der Waals surface area contributed by atoms with Crippen LogP contribution in [0.2, 0.25) is 0 Å². The van der Waals surface area contributed by atoms with E-state index in [-0.39, 0.29) is 10.9 Å². The Kier molecular flexibility index (Phi) is 4.69. The molecule has 0 atom stereocenters. The average Bonchev–Trinajstić information content (AvgIpc) is 2.45. The lowest BCUT2D eigenvalue weighted by Crippen LogP contribution is -2.25. The zero-order chi connectivity index (χ0) is 15.5. The van der Waals surface area contributed by atoms with E-state index in [4.69, 9.17) is 0 Å². The monoisotopic (exact) mass is 369 g/mol. The van der Waals surface area contributed by atoms with Gasteiger partial charge in [0.05, 0.1) is 4.47 Å². The molecule has 0 bridgehead atoms. The van der Waals surface area contributed by atoms with Gasteiger partial charge in [0.15, 0.2) is 0 Å². The van der Waals surface area contributed by atoms with E-state index in [1.807, 2.05) is 30.3 Å². The van der Waals surface area contributed by atoms with Gasteiger partial charge in [0, 0.05) is 19.0 Å². The zero-order valence-electron chi connectivity index (χ0n) is 11.1. The third-order valence-corrected chi connectivity index (χ3v) is 4.00. The van der Waals surface area contributed by atoms with Crippen LogP contribution in [0.5, 0.6) is 0 Å². The largest absolute Gasteiger partial charge is 0.347 e. The maximum Gasteiger partial charge on any atom is 0.271 e. The van der Waals surface area contributed by atoms with Crippen LogP contribution in [0.15, 0.2) is 46.2 Å². The van der Waals surface area contributed by atoms with Gasteiger partial charge in [-0.15, -0.1) is 0 Å². The smallest absolute Gasteiger partial charge is 0.271 e. The van der Waals surface area contributed by atoms with Gasteiger partial charge in [0.2, 0.25) is 15.0 Å². The van der Waals surface area contributed by atoms with E-state index in [0.29, 0.717) is 11.0 Å². The molecule has 1 N–H and O–H groups in total. The molecular formula is C13H12BrN3O3S. The van der Waals surface area contributed by atoms with Gasteiger partial charge in [-0.1, -0.05) is 30.3 Å². The van der Waals surface area contributed by atoms with E-state index < -0.39 is 15.7 Å². The Hall–Kier alpha value is -1.80. The van der Waals surface area contributed by atoms with Gasteiger partial charge >= 0.3 is 0 Å². The van der Waals surface area contributed by atoms with Crippen LogP contribution in [0.4, 0.5) is 0 Å². The van der Waals surface area contributed by atoms with E-state index in [1.165, 1.54) is 6.20 Å². The lowest BCUT2D eigenvalue weighted by atomic mass is 10.2. The molecule has 1 heterocycles. The number of carbonyl (C=O) groups excluding carboxylic acids is 1. The molecule has 2 rings (SSSR count). The van der Waals surface area contributed by atoms with Gasteiger partial charge in [-0.2, -0.15) is 0 Å². The number of amides is 1. The van der Waals surface area contributed by atoms with E-state index in [1.54, 1.807) is 0 Å². The summed E-state index contributed by atoms with van der Waals surface area (Å²) in [6.07, 6.45) is 2.24. The molecule has 0 spiro atoms. The molecule has 0 aliphatic rings. The first-order valence-corrected chi connectivity index (χ1v) is 8.61. The molecule has 6 nitrogen and oxygen atoms in total. The predicted molar refractivity (Wildman–Crippen MR) is 80.5 cm³/mol. The Morgan fingerprint density at radius 2 is 1.95 bits per heavy atom. The molecule has 1 amide bonds. The van der Waals surface area contributed by atoms with Crippen molar-refractivity contribution in [2.24, 2.45) is 0 Å². The second-order valence-corrected chi connectivity index (χ2v) is 7.05. The lowest BCUT2D eigenvalue weighted by molar-refractivity contribution is 0.0944. The Bertz CT molecular complexity index is 763. The fraction of sp³-hybridized carbons (Fsp3) is 0.154. The summed E-state index contributed by atoms with van der Waals surface area (Å²) >= 11 is 3.14. The van der Waals surface area contributed by atoms with Crippen molar-refractivity contribution in [3.8, 4) is 0 Å². The number of halogens is 1. The summed E-state index contributed by atoms with van der Waals surface area (Å²) in [7, 11) is -3.57. The summed E-state index contributed by atoms with van der Waals surface area (Å²) in [4.78, 5) is 19.6. The summed E-state index contributed by atoms with van der Waals surface area (Å²) in [6, 6.07) is 9.35. The van der Waals surface area contributed by atoms with Crippen molar-refractivity contribution in [3.63, 3.8) is 0 Å². The molecule has 0 fully saturated rings. The Balaban J connectivity index is 2.19. The number of nitrogens with zero attached hydrogens (tertiary/aromatic N) is 2. The number of rotatable bonds is 4. The molecule has 8 heteroatoms. The van der Waals surface area contributed by atoms with Crippen molar-refractivity contribution in [1.82, 2.24) is 15.3 Å². The fourth-order valence-electron chi connectivity index (χ4n) is 1.55. The number of aromatic nitrogens is 2. The van der Waals surface area contributed by atoms with Crippen molar-refractivity contribution < 1.29 is 13.2 Å². The quantitative estimate of drug-likeness (QED) is 0.826. The summed E-state index contributed by atoms with van der Waals surface area (Å²) in [5.41, 5.74) is 0.917. The average molecular weight is 370 g/mol. The molecule has 0 aliphatic heterocycles. The van der Waals surface area contributed by atoms with Gasteiger partial charge in [-0.25, -0.2) is 18.4 Å². The topological polar surface area (TPSA) is 89.0 Å². The van der Waals surface area contributed by atoms with Gasteiger partial charge in [0.1, 0.15) is 5.69 Å². The highest BCUT2D eigenvalue weighted by Crippen LogP contribution is 2.15. The van der Waals surface area contributed by atoms with Crippen LogP contribution in [0.3, 0.4) is 0 Å². The van der Waals surface area contributed by atoms with E-state index in [0.717, 1.165) is 11.8 Å². The number of benzene rings is 1. The molecule has 0 aliphatic carbocycles. The molecule has 1 aromatic heterocycles. The fourth-order valence-corrected chi connectivity index (χ4v) is 2.42. The Morgan fingerprint density at radius 1 is 1.29 bits per heavy atom. The number of sulfone groups is 1. The summed E-state index contributed by atoms with van der Waals surface area (Å²) in [5, 5.41) is 2.30. The van der Waals surface area contributed by atoms with E-state index in [2.05, 4.69) is 31.2 Å². The number of carbonyl (C=O) groups is 1. The van der Waals surface area contributed by atoms with Gasteiger partial charge in [-0.05, 0) is 21.5 Å². The maximum atomic E-state index is 12.1. The van der Waals surface area contributed by atoms with Gasteiger partial charge < -0.3 is 5.32 Å². The standard InChI is InChI=1S/C13H12BrN3O3S/c1-21(19,20)13-16-8-10(14)11(17-13)12(18)15-7-9-5-3-2-4-6-9/h2-6,8H,7H2,1H3,(H,15,18). The third kappa shape index (κ3) is 4.08. The lowest BCUT2D eigenvalue weighted by Gasteiger charge is -2.07. The summed E-state index contributed by atoms with van der Waals surface area (Å²) in [6.45, 7) is 0.324. The van der Waals surface area contributed by atoms with Crippen LogP contribution >= 0.6 is 15.9 Å². The van der Waals surface area contributed by atoms with Crippen molar-refractivity contribution in [2.75, 3.05) is 6.26 Å². The summed E-state index contributed by atoms with van der Waals surface area (Å²) < 4.78 is 23.2. The number of nitrogens with one attached hydrogen (secondary N) is 1. The van der Waals surface area contributed by atoms with Crippen LogP contribution in [0, 0.1) is 0 Å². The molecule has 1 aromatic carbocycles. The normalized spacial score (nSPS) is 11.1. The molecular weight excluding hydrogens is 358 g/mol. The zero-order valence-corrected chi connectivity index (χ0v) is 13.5. The van der Waals surface area contributed by atoms with Crippen molar-refractivity contribution in [2.45, 2.75) is 11.7 Å². The highest BCUT2D eigenvalue weighted by Gasteiger charge is 2.18. The molecule has 21 heavy (non-hydrogen) atoms. The predicted octanol–water partition coefficient (Wildman–Crippen LogP) is 1.57. The van der Waals surface area contributed by atoms with Gasteiger partial charge in [0.25, 0.3) is 5.91 Å². The highest BCUT2D eigenvalue weighted by atomic mass is 79.9. The summed E-state index contributed by atoms with van der Waals surface area (Å²) in [5.74, 6) is -0.474. The highest BCUT2D eigenvalue weighted by molar-refractivity contribution is 9.10. The van der Waals surface area contributed by atoms with Crippen LogP contribution in [-0.4, -0.2) is 30.5 Å². The minimum Gasteiger partial charge on any atom is -0.347 e. The first kappa shape index (κ1) is 15.6. The molecule has 0 saturated heterocycles. The number of hydrogen-bond acceptors (Lipinski definition) is 5. The van der Waals surface area contributed by atoms with E-state index in [9.17, 15) is 13.2 Å². The van der Waals surface area contributed by atoms with Crippen molar-refractivity contribution >= 4 is 31.7 Å². The minimum absolute atomic E-state index is 0.0126. The molecule has 2 aromatic rings. The molecule has 0 radical (unpaired) electrons. The van der Waals surface area contributed by atoms with Crippen molar-refractivity contribution in [1.29, 1.82) is 0 Å². The number of hydrogen-bond donors (Lipinski definition) is 1. The minimum atomic E-state index is -3.57. The van der Waals surface area contributed by atoms with Crippen LogP contribution in [-0.2, 0) is 16.4 Å². The van der Waals surface area contributed by atoms with E-state index >= 15 is 0 Å². The van der Waals surface area contributed by atoms with Crippen LogP contribution in [0.1, 0.15) is 16.1 Å². The second kappa shape index (κ2) is 6.31. The molecule has 0 saturated carbocycles.